The van der Waals surface area contributed by atoms with Gasteiger partial charge in [-0.25, -0.2) is 0 Å². The largest absolute Gasteiger partial charge is 0.468 e. The summed E-state index contributed by atoms with van der Waals surface area (Å²) in [6.45, 7) is 0.781. The first kappa shape index (κ1) is 13.2. The molecular formula is C13H13FN2O3. The summed E-state index contributed by atoms with van der Waals surface area (Å²) in [7, 11) is 1.79. The highest BCUT2D eigenvalue weighted by Crippen LogP contribution is 2.21. The third kappa shape index (κ3) is 3.17. The first-order valence-electron chi connectivity index (χ1n) is 5.70. The van der Waals surface area contributed by atoms with Gasteiger partial charge in [0.2, 0.25) is 5.82 Å². The van der Waals surface area contributed by atoms with Gasteiger partial charge in [0.25, 0.3) is 0 Å². The molecule has 0 bridgehead atoms. The van der Waals surface area contributed by atoms with Gasteiger partial charge in [0.15, 0.2) is 0 Å². The molecule has 0 aliphatic rings. The number of nitrogens with zero attached hydrogens (tertiary/aromatic N) is 2. The Hall–Kier alpha value is -2.21. The maximum atomic E-state index is 13.9. The van der Waals surface area contributed by atoms with Crippen LogP contribution in [0.15, 0.2) is 41.0 Å². The normalized spacial score (nSPS) is 10.9. The Labute approximate surface area is 109 Å². The second-order valence-electron chi connectivity index (χ2n) is 4.26. The van der Waals surface area contributed by atoms with Gasteiger partial charge < -0.3 is 4.42 Å². The van der Waals surface area contributed by atoms with E-state index in [1.54, 1.807) is 25.4 Å². The monoisotopic (exact) mass is 264 g/mol. The van der Waals surface area contributed by atoms with Gasteiger partial charge in [0.05, 0.1) is 17.7 Å². The molecule has 19 heavy (non-hydrogen) atoms. The van der Waals surface area contributed by atoms with Crippen molar-refractivity contribution in [2.75, 3.05) is 7.05 Å². The fourth-order valence-corrected chi connectivity index (χ4v) is 1.84. The van der Waals surface area contributed by atoms with Crippen LogP contribution in [0, 0.1) is 15.9 Å². The van der Waals surface area contributed by atoms with Crippen molar-refractivity contribution in [3.05, 3.63) is 63.9 Å². The highest BCUT2D eigenvalue weighted by Gasteiger charge is 2.18. The van der Waals surface area contributed by atoms with Gasteiger partial charge in [-0.15, -0.1) is 0 Å². The number of hydrogen-bond donors (Lipinski definition) is 0. The van der Waals surface area contributed by atoms with Crippen LogP contribution in [-0.2, 0) is 13.1 Å². The number of halogens is 1. The maximum absolute atomic E-state index is 13.9. The van der Waals surface area contributed by atoms with Crippen molar-refractivity contribution in [2.24, 2.45) is 0 Å². The van der Waals surface area contributed by atoms with E-state index in [9.17, 15) is 14.5 Å². The van der Waals surface area contributed by atoms with Crippen LogP contribution in [0.25, 0.3) is 0 Å². The van der Waals surface area contributed by atoms with Crippen molar-refractivity contribution in [1.82, 2.24) is 4.90 Å². The van der Waals surface area contributed by atoms with Gasteiger partial charge in [0, 0.05) is 18.2 Å². The number of nitro groups is 1. The lowest BCUT2D eigenvalue weighted by atomic mass is 10.1. The van der Waals surface area contributed by atoms with Gasteiger partial charge in [-0.05, 0) is 19.2 Å². The molecule has 0 spiro atoms. The van der Waals surface area contributed by atoms with E-state index < -0.39 is 16.4 Å². The third-order valence-electron chi connectivity index (χ3n) is 2.70. The molecule has 0 unspecified atom stereocenters. The Bertz CT molecular complexity index is 569. The standard InChI is InChI=1S/C13H13FN2O3/c1-15(9-11-5-3-7-19-11)8-10-4-2-6-12(13(10)14)16(17)18/h2-7H,8-9H2,1H3. The zero-order valence-corrected chi connectivity index (χ0v) is 10.4. The number of benzene rings is 1. The Morgan fingerprint density at radius 2 is 2.11 bits per heavy atom. The topological polar surface area (TPSA) is 59.5 Å². The minimum atomic E-state index is -0.779. The predicted molar refractivity (Wildman–Crippen MR) is 66.9 cm³/mol. The second kappa shape index (κ2) is 5.62. The highest BCUT2D eigenvalue weighted by molar-refractivity contribution is 5.36. The molecule has 6 heteroatoms. The Kier molecular flexibility index (Phi) is 3.91. The molecule has 100 valence electrons. The maximum Gasteiger partial charge on any atom is 0.305 e. The molecule has 5 nitrogen and oxygen atoms in total. The van der Waals surface area contributed by atoms with Crippen LogP contribution in [0.1, 0.15) is 11.3 Å². The van der Waals surface area contributed by atoms with Gasteiger partial charge in [-0.1, -0.05) is 12.1 Å². The molecule has 0 amide bonds. The number of rotatable bonds is 5. The zero-order chi connectivity index (χ0) is 13.8. The fraction of sp³-hybridized carbons (Fsp3) is 0.231. The smallest absolute Gasteiger partial charge is 0.305 e. The summed E-state index contributed by atoms with van der Waals surface area (Å²) >= 11 is 0. The van der Waals surface area contributed by atoms with Crippen molar-refractivity contribution in [2.45, 2.75) is 13.1 Å². The lowest BCUT2D eigenvalue weighted by molar-refractivity contribution is -0.387. The molecule has 0 atom stereocenters. The van der Waals surface area contributed by atoms with E-state index in [2.05, 4.69) is 0 Å². The predicted octanol–water partition coefficient (Wildman–Crippen LogP) is 2.96. The van der Waals surface area contributed by atoms with Crippen molar-refractivity contribution < 1.29 is 13.7 Å². The first-order valence-corrected chi connectivity index (χ1v) is 5.70. The van der Waals surface area contributed by atoms with Crippen LogP contribution in [0.2, 0.25) is 0 Å². The zero-order valence-electron chi connectivity index (χ0n) is 10.4. The molecule has 1 heterocycles. The summed E-state index contributed by atoms with van der Waals surface area (Å²) in [6.07, 6.45) is 1.57. The molecule has 1 aromatic heterocycles. The molecule has 1 aromatic carbocycles. The van der Waals surface area contributed by atoms with Crippen LogP contribution in [-0.4, -0.2) is 16.9 Å². The number of nitro benzene ring substituents is 1. The van der Waals surface area contributed by atoms with Crippen molar-refractivity contribution in [3.8, 4) is 0 Å². The Balaban J connectivity index is 2.10. The van der Waals surface area contributed by atoms with E-state index in [-0.39, 0.29) is 6.54 Å². The van der Waals surface area contributed by atoms with E-state index in [1.165, 1.54) is 6.07 Å². The van der Waals surface area contributed by atoms with E-state index in [4.69, 9.17) is 4.42 Å². The van der Waals surface area contributed by atoms with Crippen LogP contribution in [0.4, 0.5) is 10.1 Å². The van der Waals surface area contributed by atoms with Crippen LogP contribution < -0.4 is 0 Å². The molecular weight excluding hydrogens is 251 g/mol. The SMILES string of the molecule is CN(Cc1ccco1)Cc1cccc([N+](=O)[O-])c1F. The average Bonchev–Trinajstić information content (AvgIpc) is 2.84. The van der Waals surface area contributed by atoms with Gasteiger partial charge in [-0.2, -0.15) is 4.39 Å². The summed E-state index contributed by atoms with van der Waals surface area (Å²) in [6, 6.07) is 7.78. The minimum absolute atomic E-state index is 0.272. The van der Waals surface area contributed by atoms with E-state index in [1.807, 2.05) is 11.0 Å². The van der Waals surface area contributed by atoms with Crippen LogP contribution in [0.5, 0.6) is 0 Å². The highest BCUT2D eigenvalue weighted by atomic mass is 19.1. The van der Waals surface area contributed by atoms with Crippen molar-refractivity contribution >= 4 is 5.69 Å². The summed E-state index contributed by atoms with van der Waals surface area (Å²) in [5.74, 6) is -0.0212. The number of furan rings is 1. The lowest BCUT2D eigenvalue weighted by Crippen LogP contribution is -2.18. The summed E-state index contributed by atoms with van der Waals surface area (Å²) in [5, 5.41) is 10.7. The molecule has 0 fully saturated rings. The van der Waals surface area contributed by atoms with E-state index >= 15 is 0 Å². The number of hydrogen-bond acceptors (Lipinski definition) is 4. The Morgan fingerprint density at radius 3 is 2.74 bits per heavy atom. The summed E-state index contributed by atoms with van der Waals surface area (Å²) < 4.78 is 19.1. The molecule has 2 rings (SSSR count). The van der Waals surface area contributed by atoms with Crippen molar-refractivity contribution in [1.29, 1.82) is 0 Å². The first-order chi connectivity index (χ1) is 9.08. The minimum Gasteiger partial charge on any atom is -0.468 e. The molecule has 0 N–H and O–H groups in total. The van der Waals surface area contributed by atoms with Gasteiger partial charge >= 0.3 is 5.69 Å². The molecule has 0 saturated carbocycles. The third-order valence-corrected chi connectivity index (χ3v) is 2.70. The van der Waals surface area contributed by atoms with Crippen molar-refractivity contribution in [3.63, 3.8) is 0 Å². The molecule has 0 radical (unpaired) electrons. The van der Waals surface area contributed by atoms with Gasteiger partial charge in [0.1, 0.15) is 5.76 Å². The Morgan fingerprint density at radius 1 is 1.32 bits per heavy atom. The quantitative estimate of drug-likeness (QED) is 0.615. The van der Waals surface area contributed by atoms with Crippen LogP contribution >= 0.6 is 0 Å². The summed E-state index contributed by atoms with van der Waals surface area (Å²) in [4.78, 5) is 11.8. The molecule has 0 aliphatic carbocycles. The lowest BCUT2D eigenvalue weighted by Gasteiger charge is -2.15. The second-order valence-corrected chi connectivity index (χ2v) is 4.26. The van der Waals surface area contributed by atoms with E-state index in [0.717, 1.165) is 11.8 Å². The average molecular weight is 264 g/mol. The molecule has 2 aromatic rings. The van der Waals surface area contributed by atoms with Gasteiger partial charge in [-0.3, -0.25) is 15.0 Å². The molecule has 0 saturated heterocycles. The van der Waals surface area contributed by atoms with E-state index in [0.29, 0.717) is 12.1 Å². The van der Waals surface area contributed by atoms with Crippen LogP contribution in [0.3, 0.4) is 0 Å². The fourth-order valence-electron chi connectivity index (χ4n) is 1.84. The summed E-state index contributed by atoms with van der Waals surface area (Å²) in [5.41, 5.74) is -0.202. The molecule has 0 aliphatic heterocycles.